The van der Waals surface area contributed by atoms with Crippen molar-refractivity contribution in [2.75, 3.05) is 26.8 Å². The molecule has 3 aromatic heterocycles. The number of amides is 2. The fourth-order valence-electron chi connectivity index (χ4n) is 5.55. The number of hydrogen-bond acceptors (Lipinski definition) is 6. The van der Waals surface area contributed by atoms with Crippen LogP contribution in [-0.2, 0) is 14.3 Å². The first kappa shape index (κ1) is 22.2. The van der Waals surface area contributed by atoms with Crippen molar-refractivity contribution in [3.63, 3.8) is 0 Å². The average molecular weight is 490 g/mol. The van der Waals surface area contributed by atoms with Gasteiger partial charge in [0, 0.05) is 36.2 Å². The summed E-state index contributed by atoms with van der Waals surface area (Å²) in [7, 11) is 1.72. The minimum absolute atomic E-state index is 0.135. The van der Waals surface area contributed by atoms with E-state index in [4.69, 9.17) is 9.84 Å². The molecule has 0 radical (unpaired) electrons. The van der Waals surface area contributed by atoms with Gasteiger partial charge in [-0.1, -0.05) is 18.2 Å². The first-order valence-electron chi connectivity index (χ1n) is 12.0. The second kappa shape index (κ2) is 9.07. The number of benzene rings is 1. The summed E-state index contributed by atoms with van der Waals surface area (Å²) < 4.78 is 7.54. The summed E-state index contributed by atoms with van der Waals surface area (Å²) in [5.41, 5.74) is 2.97. The summed E-state index contributed by atoms with van der Waals surface area (Å²) in [6, 6.07) is 10.1. The van der Waals surface area contributed by atoms with Gasteiger partial charge in [-0.25, -0.2) is 0 Å². The second-order valence-electron chi connectivity index (χ2n) is 9.15. The van der Waals surface area contributed by atoms with E-state index >= 15 is 0 Å². The summed E-state index contributed by atoms with van der Waals surface area (Å²) in [6.07, 6.45) is 4.76. The molecule has 0 aliphatic carbocycles. The van der Waals surface area contributed by atoms with Crippen LogP contribution in [0.3, 0.4) is 0 Å². The number of methoxy groups -OCH3 is 1. The first-order valence-corrected chi connectivity index (χ1v) is 12.9. The van der Waals surface area contributed by atoms with Crippen molar-refractivity contribution in [2.45, 2.75) is 25.3 Å². The largest absolute Gasteiger partial charge is 0.385 e. The van der Waals surface area contributed by atoms with E-state index in [0.717, 1.165) is 59.0 Å². The van der Waals surface area contributed by atoms with E-state index in [-0.39, 0.29) is 11.9 Å². The Balaban J connectivity index is 1.55. The van der Waals surface area contributed by atoms with Gasteiger partial charge in [-0.3, -0.25) is 19.6 Å². The number of ether oxygens (including phenoxy) is 1. The third-order valence-electron chi connectivity index (χ3n) is 7.21. The highest BCUT2D eigenvalue weighted by Gasteiger charge is 2.37. The second-order valence-corrected chi connectivity index (χ2v) is 10.1. The molecule has 35 heavy (non-hydrogen) atoms. The van der Waals surface area contributed by atoms with E-state index in [2.05, 4.69) is 26.4 Å². The maximum absolute atomic E-state index is 13.2. The van der Waals surface area contributed by atoms with Crippen LogP contribution in [0.2, 0.25) is 0 Å². The third kappa shape index (κ3) is 3.71. The molecule has 0 spiro atoms. The third-order valence-corrected chi connectivity index (χ3v) is 8.06. The van der Waals surface area contributed by atoms with Gasteiger partial charge in [0.2, 0.25) is 0 Å². The molecular formula is C26H27N5O3S. The van der Waals surface area contributed by atoms with Crippen molar-refractivity contribution in [1.82, 2.24) is 25.4 Å². The fourth-order valence-corrected chi connectivity index (χ4v) is 6.32. The van der Waals surface area contributed by atoms with Gasteiger partial charge in [0.25, 0.3) is 11.8 Å². The minimum Gasteiger partial charge on any atom is -0.385 e. The number of hydrogen-bond donors (Lipinski definition) is 3. The lowest BCUT2D eigenvalue weighted by molar-refractivity contribution is -0.122. The zero-order chi connectivity index (χ0) is 23.9. The van der Waals surface area contributed by atoms with Gasteiger partial charge in [-0.05, 0) is 55.8 Å². The average Bonchev–Trinajstić information content (AvgIpc) is 3.63. The molecule has 180 valence electrons. The number of H-pyrrole nitrogens is 1. The summed E-state index contributed by atoms with van der Waals surface area (Å²) in [6.45, 7) is 2.59. The molecule has 1 saturated heterocycles. The molecule has 1 aromatic carbocycles. The van der Waals surface area contributed by atoms with Gasteiger partial charge < -0.3 is 15.0 Å². The van der Waals surface area contributed by atoms with Crippen LogP contribution in [0, 0.1) is 5.92 Å². The molecule has 2 aliphatic rings. The Morgan fingerprint density at radius 2 is 1.91 bits per heavy atom. The molecule has 2 amide bonds. The first-order chi connectivity index (χ1) is 17.2. The highest BCUT2D eigenvalue weighted by Crippen LogP contribution is 2.40. The lowest BCUT2D eigenvalue weighted by Crippen LogP contribution is -2.33. The quantitative estimate of drug-likeness (QED) is 0.344. The fraction of sp³-hybridized carbons (Fsp3) is 0.346. The number of aromatic amines is 1. The Morgan fingerprint density at radius 1 is 1.11 bits per heavy atom. The molecule has 3 N–H and O–H groups in total. The number of fused-ring (bicyclic) bond motifs is 2. The molecule has 6 rings (SSSR count). The van der Waals surface area contributed by atoms with Crippen LogP contribution in [0.25, 0.3) is 32.3 Å². The highest BCUT2D eigenvalue weighted by atomic mass is 32.1. The number of carbonyl (C=O) groups excluding carboxylic acids is 2. The highest BCUT2D eigenvalue weighted by molar-refractivity contribution is 7.16. The maximum Gasteiger partial charge on any atom is 0.261 e. The van der Waals surface area contributed by atoms with Crippen LogP contribution in [0.1, 0.15) is 36.6 Å². The Bertz CT molecular complexity index is 1460. The summed E-state index contributed by atoms with van der Waals surface area (Å²) in [5.74, 6) is -0.338. The number of rotatable bonds is 7. The molecule has 0 saturated carbocycles. The van der Waals surface area contributed by atoms with Crippen LogP contribution < -0.4 is 10.6 Å². The molecule has 8 nitrogen and oxygen atoms in total. The number of nitrogens with zero attached hydrogens (tertiary/aromatic N) is 2. The lowest BCUT2D eigenvalue weighted by Gasteiger charge is -2.31. The summed E-state index contributed by atoms with van der Waals surface area (Å²) in [5, 5.41) is 14.8. The number of piperidine rings is 1. The maximum atomic E-state index is 13.2. The molecule has 9 heteroatoms. The monoisotopic (exact) mass is 489 g/mol. The molecule has 1 atom stereocenters. The zero-order valence-corrected chi connectivity index (χ0v) is 20.3. The Morgan fingerprint density at radius 3 is 2.74 bits per heavy atom. The van der Waals surface area contributed by atoms with Crippen molar-refractivity contribution in [1.29, 1.82) is 0 Å². The zero-order valence-electron chi connectivity index (χ0n) is 19.5. The van der Waals surface area contributed by atoms with E-state index in [1.165, 1.54) is 0 Å². The number of imide groups is 1. The van der Waals surface area contributed by atoms with Crippen LogP contribution in [0.5, 0.6) is 0 Å². The smallest absolute Gasteiger partial charge is 0.261 e. The van der Waals surface area contributed by atoms with Gasteiger partial charge in [-0.2, -0.15) is 5.10 Å². The van der Waals surface area contributed by atoms with Crippen molar-refractivity contribution < 1.29 is 14.3 Å². The van der Waals surface area contributed by atoms with E-state index < -0.39 is 5.91 Å². The Labute approximate surface area is 206 Å². The number of para-hydroxylation sites is 1. The van der Waals surface area contributed by atoms with E-state index in [9.17, 15) is 9.59 Å². The van der Waals surface area contributed by atoms with Crippen LogP contribution in [0.4, 0.5) is 0 Å². The predicted octanol–water partition coefficient (Wildman–Crippen LogP) is 3.72. The molecule has 5 heterocycles. The molecule has 1 unspecified atom stereocenters. The van der Waals surface area contributed by atoms with E-state index in [1.807, 2.05) is 35.8 Å². The number of nitrogens with one attached hydrogen (secondary N) is 3. The van der Waals surface area contributed by atoms with Crippen molar-refractivity contribution in [3.05, 3.63) is 53.2 Å². The Hall–Kier alpha value is -3.27. The van der Waals surface area contributed by atoms with E-state index in [0.29, 0.717) is 29.4 Å². The van der Waals surface area contributed by atoms with Gasteiger partial charge in [0.05, 0.1) is 22.7 Å². The molecule has 4 aromatic rings. The molecule has 2 aliphatic heterocycles. The summed E-state index contributed by atoms with van der Waals surface area (Å²) >= 11 is 1.57. The molecule has 1 fully saturated rings. The minimum atomic E-state index is -0.403. The van der Waals surface area contributed by atoms with Crippen LogP contribution in [0.15, 0.2) is 41.9 Å². The van der Waals surface area contributed by atoms with E-state index in [1.54, 1.807) is 18.4 Å². The number of aromatic nitrogens is 3. The Kier molecular flexibility index (Phi) is 5.75. The van der Waals surface area contributed by atoms with Gasteiger partial charge >= 0.3 is 0 Å². The van der Waals surface area contributed by atoms with Crippen molar-refractivity contribution >= 4 is 55.4 Å². The van der Waals surface area contributed by atoms with Gasteiger partial charge in [-0.15, -0.1) is 11.3 Å². The molecular weight excluding hydrogens is 462 g/mol. The van der Waals surface area contributed by atoms with Crippen LogP contribution in [-0.4, -0.2) is 53.4 Å². The van der Waals surface area contributed by atoms with Crippen molar-refractivity contribution in [3.8, 4) is 0 Å². The lowest BCUT2D eigenvalue weighted by atomic mass is 9.88. The predicted molar refractivity (Wildman–Crippen MR) is 137 cm³/mol. The molecule has 0 bridgehead atoms. The topological polar surface area (TPSA) is 101 Å². The van der Waals surface area contributed by atoms with Gasteiger partial charge in [0.15, 0.2) is 0 Å². The van der Waals surface area contributed by atoms with Gasteiger partial charge in [0.1, 0.15) is 10.5 Å². The van der Waals surface area contributed by atoms with Crippen LogP contribution >= 0.6 is 11.3 Å². The normalized spacial score (nSPS) is 18.2. The SMILES string of the molecule is COCCC(C1CCNCC1)n1nc(C2=C(c3c[nH]c4sccc34)C(=O)NC2=O)c2ccccc21. The number of carbonyl (C=O) groups is 2. The summed E-state index contributed by atoms with van der Waals surface area (Å²) in [4.78, 5) is 30.4. The standard InChI is InChI=1S/C26H27N5O3S/c1-34-12-8-19(15-6-10-27-11-7-15)31-20-5-3-2-4-17(20)23(30-31)22-21(24(32)29-25(22)33)18-14-28-26-16(18)9-13-35-26/h2-5,9,13-15,19,27-28H,6-8,10-12H2,1H3,(H,29,32,33). The number of thiophene rings is 1. The van der Waals surface area contributed by atoms with Crippen molar-refractivity contribution in [2.24, 2.45) is 5.92 Å².